The number of halogens is 3. The molecule has 2 amide bonds. The molecule has 0 radical (unpaired) electrons. The fraction of sp³-hybridized carbons (Fsp3) is 0.471. The lowest BCUT2D eigenvalue weighted by Gasteiger charge is -2.33. The fourth-order valence-electron chi connectivity index (χ4n) is 3.18. The number of hydrogen-bond acceptors (Lipinski definition) is 4. The quantitative estimate of drug-likeness (QED) is 0.847. The van der Waals surface area contributed by atoms with E-state index >= 15 is 0 Å². The summed E-state index contributed by atoms with van der Waals surface area (Å²) in [6.45, 7) is 1.66. The van der Waals surface area contributed by atoms with Crippen LogP contribution in [0.15, 0.2) is 28.8 Å². The minimum absolute atomic E-state index is 0.0428. The molecule has 3 rings (SSSR count). The van der Waals surface area contributed by atoms with Gasteiger partial charge in [-0.05, 0) is 25.0 Å². The lowest BCUT2D eigenvalue weighted by molar-refractivity contribution is -0.187. The van der Waals surface area contributed by atoms with E-state index in [0.29, 0.717) is 42.2 Å². The minimum Gasteiger partial charge on any atom is -0.339 e. The van der Waals surface area contributed by atoms with Gasteiger partial charge in [-0.15, -0.1) is 0 Å². The van der Waals surface area contributed by atoms with Crippen LogP contribution in [0.5, 0.6) is 0 Å². The van der Waals surface area contributed by atoms with Crippen LogP contribution in [0.2, 0.25) is 0 Å². The third-order valence-electron chi connectivity index (χ3n) is 4.41. The Labute approximate surface area is 148 Å². The summed E-state index contributed by atoms with van der Waals surface area (Å²) in [5.74, 6) is -0.724. The lowest BCUT2D eigenvalue weighted by Crippen LogP contribution is -2.48. The van der Waals surface area contributed by atoms with E-state index in [1.807, 2.05) is 0 Å². The lowest BCUT2D eigenvalue weighted by atomic mass is 9.84. The van der Waals surface area contributed by atoms with E-state index < -0.39 is 24.2 Å². The van der Waals surface area contributed by atoms with E-state index in [0.717, 1.165) is 0 Å². The largest absolute Gasteiger partial charge is 0.393 e. The number of nitrogens with zero attached hydrogens (tertiary/aromatic N) is 2. The first-order valence-corrected chi connectivity index (χ1v) is 8.38. The number of alkyl halides is 3. The second-order valence-electron chi connectivity index (χ2n) is 6.36. The summed E-state index contributed by atoms with van der Waals surface area (Å²) in [6, 6.07) is 5.13. The van der Waals surface area contributed by atoms with Crippen LogP contribution in [0.4, 0.5) is 23.7 Å². The monoisotopic (exact) mass is 368 g/mol. The molecule has 1 fully saturated rings. The normalized spacial score (nSPS) is 20.6. The Hall–Kier alpha value is -2.58. The van der Waals surface area contributed by atoms with E-state index in [1.165, 1.54) is 0 Å². The van der Waals surface area contributed by atoms with E-state index in [-0.39, 0.29) is 6.42 Å². The van der Waals surface area contributed by atoms with Gasteiger partial charge >= 0.3 is 12.2 Å². The molecule has 140 valence electrons. The van der Waals surface area contributed by atoms with Gasteiger partial charge in [0.2, 0.25) is 11.7 Å². The van der Waals surface area contributed by atoms with Gasteiger partial charge in [-0.25, -0.2) is 4.79 Å². The Bertz CT molecular complexity index is 775. The molecular weight excluding hydrogens is 349 g/mol. The molecule has 26 heavy (non-hydrogen) atoms. The molecule has 1 aliphatic rings. The zero-order valence-electron chi connectivity index (χ0n) is 14.1. The van der Waals surface area contributed by atoms with Crippen LogP contribution in [0, 0.1) is 12.8 Å². The zero-order valence-corrected chi connectivity index (χ0v) is 14.1. The maximum Gasteiger partial charge on any atom is 0.393 e. The molecule has 1 aromatic heterocycles. The summed E-state index contributed by atoms with van der Waals surface area (Å²) in [4.78, 5) is 16.3. The highest BCUT2D eigenvalue weighted by atomic mass is 19.4. The number of urea groups is 1. The standard InChI is InChI=1S/C17H19F3N4O2/c1-10-21-15(24-26-10)11-5-4-6-12(9-11)22-16(25)23-14-8-3-2-7-13(14)17(18,19)20/h4-6,9,13-14H,2-3,7-8H2,1H3,(H2,22,23,25). The van der Waals surface area contributed by atoms with Crippen LogP contribution in [0.25, 0.3) is 11.4 Å². The van der Waals surface area contributed by atoms with Crippen molar-refractivity contribution in [1.29, 1.82) is 0 Å². The molecule has 1 aromatic carbocycles. The number of carbonyl (C=O) groups excluding carboxylic acids is 1. The summed E-state index contributed by atoms with van der Waals surface area (Å²) in [7, 11) is 0. The fourth-order valence-corrected chi connectivity index (χ4v) is 3.18. The summed E-state index contributed by atoms with van der Waals surface area (Å²) in [5.41, 5.74) is 1.06. The molecule has 9 heteroatoms. The van der Waals surface area contributed by atoms with Gasteiger partial charge in [0.05, 0.1) is 5.92 Å². The maximum atomic E-state index is 13.1. The van der Waals surface area contributed by atoms with Crippen molar-refractivity contribution in [2.75, 3.05) is 5.32 Å². The Morgan fingerprint density at radius 2 is 2.04 bits per heavy atom. The third kappa shape index (κ3) is 4.33. The van der Waals surface area contributed by atoms with Crippen LogP contribution < -0.4 is 10.6 Å². The predicted octanol–water partition coefficient (Wildman–Crippen LogP) is 4.29. The number of rotatable bonds is 3. The average Bonchev–Trinajstić information content (AvgIpc) is 3.01. The van der Waals surface area contributed by atoms with Crippen molar-refractivity contribution in [1.82, 2.24) is 15.5 Å². The van der Waals surface area contributed by atoms with Crippen LogP contribution in [0.3, 0.4) is 0 Å². The second-order valence-corrected chi connectivity index (χ2v) is 6.36. The highest BCUT2D eigenvalue weighted by Crippen LogP contribution is 2.37. The first-order valence-electron chi connectivity index (χ1n) is 8.38. The summed E-state index contributed by atoms with van der Waals surface area (Å²) >= 11 is 0. The summed E-state index contributed by atoms with van der Waals surface area (Å²) < 4.78 is 44.3. The van der Waals surface area contributed by atoms with Gasteiger partial charge < -0.3 is 15.2 Å². The average molecular weight is 368 g/mol. The van der Waals surface area contributed by atoms with Crippen molar-refractivity contribution < 1.29 is 22.5 Å². The molecule has 2 atom stereocenters. The number of carbonyl (C=O) groups is 1. The van der Waals surface area contributed by atoms with Crippen LogP contribution in [-0.2, 0) is 0 Å². The van der Waals surface area contributed by atoms with E-state index in [4.69, 9.17) is 4.52 Å². The van der Waals surface area contributed by atoms with Crippen molar-refractivity contribution in [2.24, 2.45) is 5.92 Å². The van der Waals surface area contributed by atoms with Gasteiger partial charge in [0.1, 0.15) is 0 Å². The molecule has 2 unspecified atom stereocenters. The molecule has 1 aliphatic carbocycles. The van der Waals surface area contributed by atoms with Gasteiger partial charge in [-0.1, -0.05) is 30.1 Å². The van der Waals surface area contributed by atoms with Gasteiger partial charge in [0.15, 0.2) is 0 Å². The van der Waals surface area contributed by atoms with Gasteiger partial charge in [0, 0.05) is 24.2 Å². The number of benzene rings is 1. The van der Waals surface area contributed by atoms with Crippen molar-refractivity contribution in [3.05, 3.63) is 30.2 Å². The molecule has 0 saturated heterocycles. The highest BCUT2D eigenvalue weighted by Gasteiger charge is 2.45. The Morgan fingerprint density at radius 3 is 2.73 bits per heavy atom. The predicted molar refractivity (Wildman–Crippen MR) is 88.4 cm³/mol. The molecule has 0 bridgehead atoms. The molecule has 2 aromatic rings. The van der Waals surface area contributed by atoms with Crippen molar-refractivity contribution in [2.45, 2.75) is 44.8 Å². The SMILES string of the molecule is Cc1nc(-c2cccc(NC(=O)NC3CCCCC3C(F)(F)F)c2)no1. The van der Waals surface area contributed by atoms with Crippen molar-refractivity contribution in [3.63, 3.8) is 0 Å². The van der Waals surface area contributed by atoms with Crippen molar-refractivity contribution >= 4 is 11.7 Å². The topological polar surface area (TPSA) is 80.0 Å². The number of anilines is 1. The smallest absolute Gasteiger partial charge is 0.339 e. The highest BCUT2D eigenvalue weighted by molar-refractivity contribution is 5.90. The number of aryl methyl sites for hydroxylation is 1. The number of hydrogen-bond donors (Lipinski definition) is 2. The Balaban J connectivity index is 1.66. The first kappa shape index (κ1) is 18.2. The number of aromatic nitrogens is 2. The molecule has 6 nitrogen and oxygen atoms in total. The van der Waals surface area contributed by atoms with Gasteiger partial charge in [-0.3, -0.25) is 0 Å². The van der Waals surface area contributed by atoms with Crippen molar-refractivity contribution in [3.8, 4) is 11.4 Å². The first-order chi connectivity index (χ1) is 12.3. The summed E-state index contributed by atoms with van der Waals surface area (Å²) in [6.07, 6.45) is -2.75. The van der Waals surface area contributed by atoms with Crippen LogP contribution in [-0.4, -0.2) is 28.4 Å². The minimum atomic E-state index is -4.31. The van der Waals surface area contributed by atoms with E-state index in [2.05, 4.69) is 20.8 Å². The molecule has 0 aliphatic heterocycles. The molecular formula is C17H19F3N4O2. The van der Waals surface area contributed by atoms with E-state index in [9.17, 15) is 18.0 Å². The molecule has 2 N–H and O–H groups in total. The van der Waals surface area contributed by atoms with Gasteiger partial charge in [0.25, 0.3) is 0 Å². The molecule has 0 spiro atoms. The second kappa shape index (κ2) is 7.35. The Kier molecular flexibility index (Phi) is 5.15. The summed E-state index contributed by atoms with van der Waals surface area (Å²) in [5, 5.41) is 8.84. The third-order valence-corrected chi connectivity index (χ3v) is 4.41. The molecule has 1 saturated carbocycles. The van der Waals surface area contributed by atoms with E-state index in [1.54, 1.807) is 31.2 Å². The number of nitrogens with one attached hydrogen (secondary N) is 2. The van der Waals surface area contributed by atoms with Crippen LogP contribution >= 0.6 is 0 Å². The number of amides is 2. The maximum absolute atomic E-state index is 13.1. The zero-order chi connectivity index (χ0) is 18.7. The van der Waals surface area contributed by atoms with Gasteiger partial charge in [-0.2, -0.15) is 18.2 Å². The Morgan fingerprint density at radius 1 is 1.27 bits per heavy atom. The van der Waals surface area contributed by atoms with Crippen LogP contribution in [0.1, 0.15) is 31.6 Å². The molecule has 1 heterocycles.